The van der Waals surface area contributed by atoms with E-state index in [0.717, 1.165) is 28.7 Å². The minimum absolute atomic E-state index is 0.285. The molecule has 122 valence electrons. The van der Waals surface area contributed by atoms with Gasteiger partial charge in [0.15, 0.2) is 0 Å². The minimum Gasteiger partial charge on any atom is -0.478 e. The number of aromatic carboxylic acids is 1. The van der Waals surface area contributed by atoms with Crippen LogP contribution >= 0.6 is 0 Å². The monoisotopic (exact) mass is 322 g/mol. The first-order valence-electron chi connectivity index (χ1n) is 7.73. The van der Waals surface area contributed by atoms with E-state index in [-0.39, 0.29) is 5.56 Å². The third kappa shape index (κ3) is 2.88. The van der Waals surface area contributed by atoms with Gasteiger partial charge in [-0.2, -0.15) is 0 Å². The van der Waals surface area contributed by atoms with Crippen LogP contribution in [0, 0.1) is 0 Å². The van der Waals surface area contributed by atoms with Gasteiger partial charge in [0, 0.05) is 35.1 Å². The van der Waals surface area contributed by atoms with E-state index in [1.54, 1.807) is 24.3 Å². The summed E-state index contributed by atoms with van der Waals surface area (Å²) in [5.74, 6) is -1.37. The van der Waals surface area contributed by atoms with Crippen molar-refractivity contribution in [3.05, 3.63) is 70.9 Å². The molecule has 1 heterocycles. The quantitative estimate of drug-likeness (QED) is 0.757. The molecule has 3 rings (SSSR count). The summed E-state index contributed by atoms with van der Waals surface area (Å²) in [6, 6.07) is 14.4. The number of primary amides is 1. The van der Waals surface area contributed by atoms with E-state index in [0.29, 0.717) is 12.0 Å². The summed E-state index contributed by atoms with van der Waals surface area (Å²) in [4.78, 5) is 22.3. The Bertz CT molecular complexity index is 924. The minimum atomic E-state index is -0.926. The Morgan fingerprint density at radius 3 is 2.29 bits per heavy atom. The summed E-state index contributed by atoms with van der Waals surface area (Å²) in [5.41, 5.74) is 9.22. The highest BCUT2D eigenvalue weighted by Gasteiger charge is 2.11. The maximum absolute atomic E-state index is 11.1. The van der Waals surface area contributed by atoms with Crippen molar-refractivity contribution in [2.24, 2.45) is 5.73 Å². The molecule has 0 aliphatic carbocycles. The number of carboxylic acid groups (broad SMARTS) is 1. The van der Waals surface area contributed by atoms with E-state index < -0.39 is 11.9 Å². The van der Waals surface area contributed by atoms with Crippen molar-refractivity contribution in [2.75, 3.05) is 0 Å². The Labute approximate surface area is 139 Å². The zero-order chi connectivity index (χ0) is 17.3. The maximum atomic E-state index is 11.1. The number of nitrogens with two attached hydrogens (primary N) is 1. The van der Waals surface area contributed by atoms with Gasteiger partial charge in [-0.15, -0.1) is 0 Å². The molecule has 3 aromatic rings. The highest BCUT2D eigenvalue weighted by Crippen LogP contribution is 2.23. The number of carbonyl (C=O) groups is 2. The van der Waals surface area contributed by atoms with Crippen LogP contribution in [0.15, 0.2) is 48.5 Å². The average molecular weight is 322 g/mol. The molecule has 0 fully saturated rings. The second kappa shape index (κ2) is 6.20. The van der Waals surface area contributed by atoms with Crippen LogP contribution in [0.2, 0.25) is 0 Å². The lowest BCUT2D eigenvalue weighted by atomic mass is 10.1. The topological polar surface area (TPSA) is 85.3 Å². The zero-order valence-corrected chi connectivity index (χ0v) is 13.3. The molecule has 24 heavy (non-hydrogen) atoms. The number of carboxylic acids is 1. The highest BCUT2D eigenvalue weighted by atomic mass is 16.4. The van der Waals surface area contributed by atoms with Crippen molar-refractivity contribution in [3.63, 3.8) is 0 Å². The van der Waals surface area contributed by atoms with Crippen LogP contribution in [0.25, 0.3) is 10.9 Å². The molecule has 0 radical (unpaired) electrons. The average Bonchev–Trinajstić information content (AvgIpc) is 2.91. The van der Waals surface area contributed by atoms with Crippen molar-refractivity contribution < 1.29 is 14.7 Å². The first kappa shape index (κ1) is 15.8. The summed E-state index contributed by atoms with van der Waals surface area (Å²) in [6.07, 6.45) is 0.698. The van der Waals surface area contributed by atoms with Crippen molar-refractivity contribution >= 4 is 22.8 Å². The predicted molar refractivity (Wildman–Crippen MR) is 92.3 cm³/mol. The molecule has 0 saturated heterocycles. The fraction of sp³-hybridized carbons (Fsp3) is 0.158. The summed E-state index contributed by atoms with van der Waals surface area (Å²) >= 11 is 0. The first-order valence-corrected chi connectivity index (χ1v) is 7.73. The summed E-state index contributed by atoms with van der Waals surface area (Å²) in [5, 5.41) is 10.1. The number of benzene rings is 2. The number of aromatic nitrogens is 1. The molecule has 5 nitrogen and oxygen atoms in total. The fourth-order valence-electron chi connectivity index (χ4n) is 2.98. The van der Waals surface area contributed by atoms with Crippen molar-refractivity contribution in [1.29, 1.82) is 0 Å². The van der Waals surface area contributed by atoms with Gasteiger partial charge in [-0.3, -0.25) is 4.79 Å². The van der Waals surface area contributed by atoms with Gasteiger partial charge in [-0.25, -0.2) is 4.79 Å². The number of fused-ring (bicyclic) bond motifs is 1. The molecule has 5 heteroatoms. The third-order valence-corrected chi connectivity index (χ3v) is 4.17. The Morgan fingerprint density at radius 2 is 1.71 bits per heavy atom. The largest absolute Gasteiger partial charge is 0.478 e. The molecule has 3 N–H and O–H groups in total. The smallest absolute Gasteiger partial charge is 0.335 e. The molecular weight excluding hydrogens is 304 g/mol. The lowest BCUT2D eigenvalue weighted by Gasteiger charge is -2.08. The van der Waals surface area contributed by atoms with E-state index in [9.17, 15) is 9.59 Å². The molecule has 0 atom stereocenters. The van der Waals surface area contributed by atoms with E-state index in [1.807, 2.05) is 24.3 Å². The van der Waals surface area contributed by atoms with Crippen LogP contribution in [0.3, 0.4) is 0 Å². The number of hydrogen-bond donors (Lipinski definition) is 2. The van der Waals surface area contributed by atoms with Crippen LogP contribution < -0.4 is 5.73 Å². The third-order valence-electron chi connectivity index (χ3n) is 4.17. The molecule has 0 spiro atoms. The van der Waals surface area contributed by atoms with Crippen LogP contribution in [0.5, 0.6) is 0 Å². The second-order valence-electron chi connectivity index (χ2n) is 5.70. The van der Waals surface area contributed by atoms with Gasteiger partial charge in [-0.05, 0) is 48.9 Å². The SMILES string of the molecule is CCn1c(Cc2ccc(C(N)=O)cc2)cc2cc(C(=O)O)ccc21. The molecular formula is C19H18N2O3. The summed E-state index contributed by atoms with van der Waals surface area (Å²) in [7, 11) is 0. The van der Waals surface area contributed by atoms with Crippen molar-refractivity contribution in [2.45, 2.75) is 19.9 Å². The summed E-state index contributed by atoms with van der Waals surface area (Å²) in [6.45, 7) is 2.86. The van der Waals surface area contributed by atoms with E-state index in [4.69, 9.17) is 10.8 Å². The van der Waals surface area contributed by atoms with E-state index in [1.165, 1.54) is 0 Å². The summed E-state index contributed by atoms with van der Waals surface area (Å²) < 4.78 is 2.17. The number of rotatable bonds is 5. The molecule has 0 bridgehead atoms. The lowest BCUT2D eigenvalue weighted by Crippen LogP contribution is -2.10. The second-order valence-corrected chi connectivity index (χ2v) is 5.70. The van der Waals surface area contributed by atoms with Gasteiger partial charge in [-0.1, -0.05) is 12.1 Å². The van der Waals surface area contributed by atoms with Crippen molar-refractivity contribution in [3.8, 4) is 0 Å². The van der Waals surface area contributed by atoms with Gasteiger partial charge in [0.2, 0.25) is 5.91 Å². The number of aryl methyl sites for hydroxylation is 1. The van der Waals surface area contributed by atoms with Gasteiger partial charge >= 0.3 is 5.97 Å². The molecule has 0 unspecified atom stereocenters. The Balaban J connectivity index is 1.99. The molecule has 0 saturated carbocycles. The van der Waals surface area contributed by atoms with Gasteiger partial charge < -0.3 is 15.4 Å². The van der Waals surface area contributed by atoms with Crippen molar-refractivity contribution in [1.82, 2.24) is 4.57 Å². The fourth-order valence-corrected chi connectivity index (χ4v) is 2.98. The van der Waals surface area contributed by atoms with Crippen LogP contribution in [-0.4, -0.2) is 21.6 Å². The van der Waals surface area contributed by atoms with Gasteiger partial charge in [0.1, 0.15) is 0 Å². The van der Waals surface area contributed by atoms with E-state index >= 15 is 0 Å². The van der Waals surface area contributed by atoms with Gasteiger partial charge in [0.05, 0.1) is 5.56 Å². The Hall–Kier alpha value is -3.08. The Kier molecular flexibility index (Phi) is 4.08. The van der Waals surface area contributed by atoms with Crippen LogP contribution in [-0.2, 0) is 13.0 Å². The normalized spacial score (nSPS) is 10.9. The first-order chi connectivity index (χ1) is 11.5. The highest BCUT2D eigenvalue weighted by molar-refractivity contribution is 5.94. The van der Waals surface area contributed by atoms with E-state index in [2.05, 4.69) is 11.5 Å². The maximum Gasteiger partial charge on any atom is 0.335 e. The predicted octanol–water partition coefficient (Wildman–Crippen LogP) is 3.05. The zero-order valence-electron chi connectivity index (χ0n) is 13.3. The van der Waals surface area contributed by atoms with Gasteiger partial charge in [0.25, 0.3) is 0 Å². The molecule has 1 amide bonds. The number of nitrogens with zero attached hydrogens (tertiary/aromatic N) is 1. The molecule has 1 aromatic heterocycles. The molecule has 0 aliphatic rings. The number of amides is 1. The molecule has 0 aliphatic heterocycles. The van der Waals surface area contributed by atoms with Crippen LogP contribution in [0.1, 0.15) is 38.9 Å². The van der Waals surface area contributed by atoms with Crippen LogP contribution in [0.4, 0.5) is 0 Å². The Morgan fingerprint density at radius 1 is 1.04 bits per heavy atom. The lowest BCUT2D eigenvalue weighted by molar-refractivity contribution is 0.0697. The number of carbonyl (C=O) groups excluding carboxylic acids is 1. The molecule has 2 aromatic carbocycles. The standard InChI is InChI=1S/C19H18N2O3/c1-2-21-16(9-12-3-5-13(6-4-12)18(20)22)11-15-10-14(19(23)24)7-8-17(15)21/h3-8,10-11H,2,9H2,1H3,(H2,20,22)(H,23,24). The number of hydrogen-bond acceptors (Lipinski definition) is 2.